The summed E-state index contributed by atoms with van der Waals surface area (Å²) in [6.07, 6.45) is -0.867. The molecule has 3 aromatic rings. The molecule has 0 amide bonds. The third kappa shape index (κ3) is 6.64. The Morgan fingerprint density at radius 1 is 1.09 bits per heavy atom. The molecular weight excluding hydrogens is 568 g/mol. The first-order chi connectivity index (χ1) is 21.3. The van der Waals surface area contributed by atoms with Crippen molar-refractivity contribution in [1.29, 1.82) is 0 Å². The molecule has 5 rings (SSSR count). The number of anilines is 1. The van der Waals surface area contributed by atoms with Gasteiger partial charge in [0.25, 0.3) is 5.69 Å². The molecule has 0 saturated carbocycles. The first-order valence-electron chi connectivity index (χ1n) is 14.4. The van der Waals surface area contributed by atoms with E-state index in [9.17, 15) is 14.9 Å². The second-order valence-electron chi connectivity index (χ2n) is 10.4. The van der Waals surface area contributed by atoms with Crippen LogP contribution in [0.3, 0.4) is 0 Å². The van der Waals surface area contributed by atoms with Crippen LogP contribution in [0.15, 0.2) is 65.7 Å². The normalized spacial score (nSPS) is 17.4. The molecule has 1 saturated heterocycles. The van der Waals surface area contributed by atoms with Gasteiger partial charge in [0, 0.05) is 56.1 Å². The molecule has 3 heterocycles. The van der Waals surface area contributed by atoms with Crippen molar-refractivity contribution in [2.24, 2.45) is 0 Å². The van der Waals surface area contributed by atoms with Gasteiger partial charge in [0.2, 0.25) is 5.82 Å². The monoisotopic (exact) mass is 604 g/mol. The fourth-order valence-electron chi connectivity index (χ4n) is 5.51. The lowest BCUT2D eigenvalue weighted by atomic mass is 9.84. The summed E-state index contributed by atoms with van der Waals surface area (Å²) in [7, 11) is 1.67. The smallest absolute Gasteiger partial charge is 0.495 e. The molecule has 1 aromatic heterocycles. The van der Waals surface area contributed by atoms with E-state index in [0.29, 0.717) is 41.4 Å². The minimum absolute atomic E-state index is 0.0893. The number of aromatic nitrogens is 4. The van der Waals surface area contributed by atoms with Crippen LogP contribution in [0.4, 0.5) is 16.2 Å². The van der Waals surface area contributed by atoms with Crippen LogP contribution in [0, 0.1) is 10.1 Å². The van der Waals surface area contributed by atoms with Crippen LogP contribution in [-0.2, 0) is 16.0 Å². The second-order valence-corrected chi connectivity index (χ2v) is 10.4. The molecule has 0 radical (unpaired) electrons. The largest absolute Gasteiger partial charge is 0.513 e. The van der Waals surface area contributed by atoms with Crippen molar-refractivity contribution in [3.8, 4) is 5.75 Å². The number of nitro groups is 1. The third-order valence-corrected chi connectivity index (χ3v) is 7.71. The van der Waals surface area contributed by atoms with Crippen LogP contribution in [-0.4, -0.2) is 82.6 Å². The molecule has 0 bridgehead atoms. The predicted molar refractivity (Wildman–Crippen MR) is 162 cm³/mol. The maximum atomic E-state index is 13.0. The van der Waals surface area contributed by atoms with Crippen LogP contribution in [0.1, 0.15) is 38.1 Å². The third-order valence-electron chi connectivity index (χ3n) is 7.71. The van der Waals surface area contributed by atoms with Crippen LogP contribution < -0.4 is 15.0 Å². The van der Waals surface area contributed by atoms with Gasteiger partial charge in [-0.2, -0.15) is 4.80 Å². The number of nitro benzene ring substituents is 1. The number of methoxy groups -OCH3 is 1. The topological polar surface area (TPSA) is 150 Å². The molecule has 14 nitrogen and oxygen atoms in total. The average Bonchev–Trinajstić information content (AvgIpc) is 3.51. The molecule has 232 valence electrons. The molecule has 0 aliphatic carbocycles. The van der Waals surface area contributed by atoms with Crippen LogP contribution in [0.5, 0.6) is 5.75 Å². The van der Waals surface area contributed by atoms with E-state index < -0.39 is 17.0 Å². The number of carbonyl (C=O) groups is 1. The van der Waals surface area contributed by atoms with Gasteiger partial charge in [0.15, 0.2) is 0 Å². The zero-order chi connectivity index (χ0) is 31.2. The first-order valence-corrected chi connectivity index (χ1v) is 14.4. The highest BCUT2D eigenvalue weighted by Gasteiger charge is 2.36. The predicted octanol–water partition coefficient (Wildman–Crippen LogP) is 3.93. The number of allylic oxidation sites excluding steroid dienone is 3. The van der Waals surface area contributed by atoms with E-state index in [1.54, 1.807) is 26.2 Å². The van der Waals surface area contributed by atoms with Gasteiger partial charge in [-0.05, 0) is 43.7 Å². The Balaban J connectivity index is 1.26. The van der Waals surface area contributed by atoms with E-state index >= 15 is 0 Å². The first kappa shape index (κ1) is 30.5. The lowest BCUT2D eigenvalue weighted by Gasteiger charge is -2.36. The number of ether oxygens (including phenoxy) is 3. The summed E-state index contributed by atoms with van der Waals surface area (Å²) < 4.78 is 16.8. The standard InChI is InChI=1S/C30H36N8O6/c1-5-37-33-29(32-34-37)26-20(2)31-21(3)28(27(26)22-9-8-10-23(19-22)38(40)41)44-30(39)43-18-17-35-13-15-36(16-14-35)24-11-6-7-12-25(24)42-4/h6-12,19,27,31H,5,13-18H2,1-4H3. The Bertz CT molecular complexity index is 1580. The van der Waals surface area contributed by atoms with Gasteiger partial charge >= 0.3 is 6.16 Å². The van der Waals surface area contributed by atoms with Crippen molar-refractivity contribution in [3.63, 3.8) is 0 Å². The Morgan fingerprint density at radius 2 is 1.86 bits per heavy atom. The number of hydrogen-bond acceptors (Lipinski definition) is 12. The molecule has 0 spiro atoms. The highest BCUT2D eigenvalue weighted by atomic mass is 16.7. The van der Waals surface area contributed by atoms with Gasteiger partial charge in [0.05, 0.1) is 35.9 Å². The molecule has 2 aliphatic heterocycles. The molecule has 2 aliphatic rings. The molecule has 44 heavy (non-hydrogen) atoms. The van der Waals surface area contributed by atoms with Gasteiger partial charge in [-0.1, -0.05) is 24.3 Å². The molecule has 1 fully saturated rings. The van der Waals surface area contributed by atoms with Crippen LogP contribution in [0.25, 0.3) is 5.57 Å². The number of benzene rings is 2. The number of aryl methyl sites for hydroxylation is 1. The summed E-state index contributed by atoms with van der Waals surface area (Å²) in [6.45, 7) is 9.95. The molecule has 1 N–H and O–H groups in total. The number of para-hydroxylation sites is 2. The molecule has 14 heteroatoms. The summed E-state index contributed by atoms with van der Waals surface area (Å²) in [6, 6.07) is 14.2. The summed E-state index contributed by atoms with van der Waals surface area (Å²) >= 11 is 0. The average molecular weight is 605 g/mol. The molecule has 1 atom stereocenters. The van der Waals surface area contributed by atoms with E-state index in [1.165, 1.54) is 16.9 Å². The fraction of sp³-hybridized carbons (Fsp3) is 0.400. The Kier molecular flexibility index (Phi) is 9.38. The number of carbonyl (C=O) groups excluding carboxylic acids is 1. The van der Waals surface area contributed by atoms with Crippen molar-refractivity contribution < 1.29 is 23.9 Å². The summed E-state index contributed by atoms with van der Waals surface area (Å²) in [5, 5.41) is 27.6. The van der Waals surface area contributed by atoms with Gasteiger partial charge in [-0.25, -0.2) is 4.79 Å². The van der Waals surface area contributed by atoms with Gasteiger partial charge in [-0.3, -0.25) is 15.0 Å². The SMILES string of the molecule is CCn1nnc(C2=C(C)NC(C)=C(OC(=O)OCCN3CCN(c4ccccc4OC)CC3)C2c2cccc([N+](=O)[O-])c2)n1. The summed E-state index contributed by atoms with van der Waals surface area (Å²) in [5.74, 6) is 0.689. The van der Waals surface area contributed by atoms with Gasteiger partial charge in [-0.15, -0.1) is 10.2 Å². The van der Waals surface area contributed by atoms with Gasteiger partial charge < -0.3 is 24.4 Å². The van der Waals surface area contributed by atoms with Crippen molar-refractivity contribution in [1.82, 2.24) is 30.4 Å². The van der Waals surface area contributed by atoms with Gasteiger partial charge in [0.1, 0.15) is 18.1 Å². The van der Waals surface area contributed by atoms with E-state index in [4.69, 9.17) is 14.2 Å². The van der Waals surface area contributed by atoms with Crippen molar-refractivity contribution in [2.75, 3.05) is 51.3 Å². The number of non-ortho nitro benzene ring substituents is 1. The van der Waals surface area contributed by atoms with E-state index in [0.717, 1.165) is 37.6 Å². The van der Waals surface area contributed by atoms with E-state index in [-0.39, 0.29) is 18.1 Å². The van der Waals surface area contributed by atoms with Crippen molar-refractivity contribution >= 4 is 23.1 Å². The number of hydrogen-bond donors (Lipinski definition) is 1. The maximum Gasteiger partial charge on any atom is 0.513 e. The number of rotatable bonds is 10. The zero-order valence-corrected chi connectivity index (χ0v) is 25.2. The van der Waals surface area contributed by atoms with E-state index in [1.807, 2.05) is 32.0 Å². The van der Waals surface area contributed by atoms with Crippen molar-refractivity contribution in [3.05, 3.63) is 87.2 Å². The van der Waals surface area contributed by atoms with Crippen LogP contribution in [0.2, 0.25) is 0 Å². The number of nitrogens with one attached hydrogen (secondary N) is 1. The summed E-state index contributed by atoms with van der Waals surface area (Å²) in [4.78, 5) is 30.1. The number of nitrogens with zero attached hydrogens (tertiary/aromatic N) is 7. The van der Waals surface area contributed by atoms with Crippen LogP contribution >= 0.6 is 0 Å². The molecular formula is C30H36N8O6. The number of piperazine rings is 1. The lowest BCUT2D eigenvalue weighted by Crippen LogP contribution is -2.47. The Morgan fingerprint density at radius 3 is 2.57 bits per heavy atom. The second kappa shape index (κ2) is 13.5. The zero-order valence-electron chi connectivity index (χ0n) is 25.2. The Labute approximate surface area is 255 Å². The van der Waals surface area contributed by atoms with E-state index in [2.05, 4.69) is 36.6 Å². The maximum absolute atomic E-state index is 13.0. The number of dihydropyridines is 1. The minimum Gasteiger partial charge on any atom is -0.495 e. The lowest BCUT2D eigenvalue weighted by molar-refractivity contribution is -0.384. The Hall–Kier alpha value is -4.98. The quantitative estimate of drug-likeness (QED) is 0.203. The highest BCUT2D eigenvalue weighted by molar-refractivity contribution is 5.76. The summed E-state index contributed by atoms with van der Waals surface area (Å²) in [5.41, 5.74) is 3.38. The number of tetrazole rings is 1. The molecule has 1 unspecified atom stereocenters. The fourth-order valence-corrected chi connectivity index (χ4v) is 5.51. The highest BCUT2D eigenvalue weighted by Crippen LogP contribution is 2.43. The van der Waals surface area contributed by atoms with Crippen molar-refractivity contribution in [2.45, 2.75) is 33.2 Å². The minimum atomic E-state index is -0.867. The molecule has 2 aromatic carbocycles.